The Morgan fingerprint density at radius 1 is 1.48 bits per heavy atom. The number of hydrogen-bond donors (Lipinski definition) is 2. The normalized spacial score (nSPS) is 12.4. The van der Waals surface area contributed by atoms with Crippen LogP contribution in [-0.4, -0.2) is 17.8 Å². The van der Waals surface area contributed by atoms with Gasteiger partial charge in [-0.2, -0.15) is 0 Å². The lowest BCUT2D eigenvalue weighted by atomic mass is 10.3. The number of nitrogens with one attached hydrogen (secondary N) is 1. The third kappa shape index (κ3) is 2.89. The number of carbonyl (C=O) groups is 1. The Kier molecular flexibility index (Phi) is 3.61. The summed E-state index contributed by atoms with van der Waals surface area (Å²) < 4.78 is 12.0. The van der Waals surface area contributed by atoms with Crippen LogP contribution in [0.1, 0.15) is 11.9 Å². The van der Waals surface area contributed by atoms with Gasteiger partial charge in [-0.25, -0.2) is 0 Å². The van der Waals surface area contributed by atoms with Gasteiger partial charge in [0.05, 0.1) is 0 Å². The van der Waals surface area contributed by atoms with E-state index in [-0.39, 0.29) is 19.2 Å². The molecule has 0 saturated carbocycles. The molecule has 8 heteroatoms. The Morgan fingerprint density at radius 3 is 3.05 bits per heavy atom. The van der Waals surface area contributed by atoms with Gasteiger partial charge in [0.1, 0.15) is 5.01 Å². The van der Waals surface area contributed by atoms with E-state index in [4.69, 9.17) is 15.2 Å². The van der Waals surface area contributed by atoms with E-state index < -0.39 is 0 Å². The zero-order chi connectivity index (χ0) is 14.8. The maximum Gasteiger partial charge on any atom is 0.354 e. The molecular weight excluding hydrogens is 292 g/mol. The summed E-state index contributed by atoms with van der Waals surface area (Å²) in [5.41, 5.74) is 6.48. The number of rotatable bonds is 4. The van der Waals surface area contributed by atoms with Crippen LogP contribution in [-0.2, 0) is 17.8 Å². The summed E-state index contributed by atoms with van der Waals surface area (Å²) in [5, 5.41) is 8.49. The summed E-state index contributed by atoms with van der Waals surface area (Å²) in [5.74, 6) is 1.11. The number of anilines is 2. The highest BCUT2D eigenvalue weighted by Gasteiger charge is 2.18. The van der Waals surface area contributed by atoms with Crippen molar-refractivity contribution in [1.29, 1.82) is 0 Å². The minimum absolute atomic E-state index is 0.0801. The van der Waals surface area contributed by atoms with E-state index in [1.54, 1.807) is 18.2 Å². The molecule has 0 fully saturated rings. The molecule has 1 aromatic heterocycles. The predicted octanol–water partition coefficient (Wildman–Crippen LogP) is 0.943. The van der Waals surface area contributed by atoms with Crippen molar-refractivity contribution in [2.45, 2.75) is 19.9 Å². The lowest BCUT2D eigenvalue weighted by molar-refractivity contribution is -0.724. The van der Waals surface area contributed by atoms with E-state index in [1.165, 1.54) is 16.0 Å². The lowest BCUT2D eigenvalue weighted by Gasteiger charge is -2.04. The molecule has 110 valence electrons. The van der Waals surface area contributed by atoms with Gasteiger partial charge in [0, 0.05) is 18.2 Å². The van der Waals surface area contributed by atoms with Gasteiger partial charge >= 0.3 is 5.13 Å². The summed E-state index contributed by atoms with van der Waals surface area (Å²) in [6, 6.07) is 5.25. The van der Waals surface area contributed by atoms with Crippen LogP contribution in [0.5, 0.6) is 11.5 Å². The lowest BCUT2D eigenvalue weighted by Crippen LogP contribution is -2.43. The minimum atomic E-state index is -0.196. The first-order valence-corrected chi connectivity index (χ1v) is 7.32. The molecule has 3 rings (SSSR count). The summed E-state index contributed by atoms with van der Waals surface area (Å²) in [6.45, 7) is 2.28. The SMILES string of the molecule is CCc1n[n+](CC(=O)Nc2ccc3c(c2)OCO3)c(N)s1. The third-order valence-electron chi connectivity index (χ3n) is 2.96. The van der Waals surface area contributed by atoms with Crippen LogP contribution in [0.4, 0.5) is 10.8 Å². The van der Waals surface area contributed by atoms with Gasteiger partial charge < -0.3 is 14.8 Å². The molecule has 1 aromatic carbocycles. The fourth-order valence-electron chi connectivity index (χ4n) is 1.94. The van der Waals surface area contributed by atoms with Gasteiger partial charge in [0.25, 0.3) is 5.91 Å². The fraction of sp³-hybridized carbons (Fsp3) is 0.308. The third-order valence-corrected chi connectivity index (χ3v) is 3.99. The number of nitrogens with zero attached hydrogens (tertiary/aromatic N) is 2. The summed E-state index contributed by atoms with van der Waals surface area (Å²) in [7, 11) is 0. The average molecular weight is 307 g/mol. The highest BCUT2D eigenvalue weighted by molar-refractivity contribution is 7.14. The number of nitrogen functional groups attached to an aromatic ring is 1. The van der Waals surface area contributed by atoms with E-state index in [1.807, 2.05) is 6.92 Å². The van der Waals surface area contributed by atoms with Crippen LogP contribution >= 0.6 is 11.3 Å². The Labute approximate surface area is 125 Å². The van der Waals surface area contributed by atoms with Crippen LogP contribution in [0.2, 0.25) is 0 Å². The molecule has 0 atom stereocenters. The number of carbonyl (C=O) groups excluding carboxylic acids is 1. The maximum atomic E-state index is 12.0. The second kappa shape index (κ2) is 5.57. The molecule has 21 heavy (non-hydrogen) atoms. The first-order valence-electron chi connectivity index (χ1n) is 6.50. The quantitative estimate of drug-likeness (QED) is 0.821. The van der Waals surface area contributed by atoms with Gasteiger partial charge in [0.2, 0.25) is 6.79 Å². The monoisotopic (exact) mass is 307 g/mol. The molecule has 1 aliphatic rings. The van der Waals surface area contributed by atoms with Crippen LogP contribution in [0.15, 0.2) is 18.2 Å². The second-order valence-electron chi connectivity index (χ2n) is 4.46. The molecule has 0 bridgehead atoms. The number of hydrogen-bond acceptors (Lipinski definition) is 6. The standard InChI is InChI=1S/C13H14N4O3S/c1-2-12-16-17(13(14)21-12)6-11(18)15-8-3-4-9-10(5-8)20-7-19-9/h3-5,14H,2,6-7H2,1H3,(H,15,18)/p+1. The van der Waals surface area contributed by atoms with Crippen molar-refractivity contribution in [1.82, 2.24) is 5.10 Å². The van der Waals surface area contributed by atoms with Gasteiger partial charge in [-0.15, -0.1) is 4.68 Å². The zero-order valence-corrected chi connectivity index (χ0v) is 12.3. The fourth-order valence-corrected chi connectivity index (χ4v) is 2.68. The van der Waals surface area contributed by atoms with Crippen molar-refractivity contribution in [3.8, 4) is 11.5 Å². The Balaban J connectivity index is 1.67. The molecule has 3 N–H and O–H groups in total. The number of nitrogens with two attached hydrogens (primary N) is 1. The largest absolute Gasteiger partial charge is 0.454 e. The molecule has 7 nitrogen and oxygen atoms in total. The smallest absolute Gasteiger partial charge is 0.354 e. The highest BCUT2D eigenvalue weighted by Crippen LogP contribution is 2.34. The van der Waals surface area contributed by atoms with E-state index in [0.29, 0.717) is 22.3 Å². The number of aromatic nitrogens is 2. The first-order chi connectivity index (χ1) is 10.2. The van der Waals surface area contributed by atoms with Crippen molar-refractivity contribution in [2.75, 3.05) is 17.8 Å². The number of fused-ring (bicyclic) bond motifs is 1. The van der Waals surface area contributed by atoms with Crippen molar-refractivity contribution in [2.24, 2.45) is 0 Å². The summed E-state index contributed by atoms with van der Waals surface area (Å²) in [6.07, 6.45) is 0.797. The summed E-state index contributed by atoms with van der Waals surface area (Å²) in [4.78, 5) is 12.0. The van der Waals surface area contributed by atoms with E-state index >= 15 is 0 Å². The van der Waals surface area contributed by atoms with E-state index in [2.05, 4.69) is 10.4 Å². The number of benzene rings is 1. The molecule has 1 aliphatic heterocycles. The molecule has 0 aliphatic carbocycles. The molecule has 0 saturated heterocycles. The second-order valence-corrected chi connectivity index (χ2v) is 5.56. The number of aryl methyl sites for hydroxylation is 1. The van der Waals surface area contributed by atoms with Crippen molar-refractivity contribution >= 4 is 28.1 Å². The van der Waals surface area contributed by atoms with Crippen molar-refractivity contribution in [3.63, 3.8) is 0 Å². The summed E-state index contributed by atoms with van der Waals surface area (Å²) >= 11 is 1.39. The molecule has 0 spiro atoms. The Morgan fingerprint density at radius 2 is 2.29 bits per heavy atom. The topological polar surface area (TPSA) is 90.4 Å². The first kappa shape index (κ1) is 13.6. The molecular formula is C13H15N4O3S+. The van der Waals surface area contributed by atoms with Crippen LogP contribution in [0.25, 0.3) is 0 Å². The van der Waals surface area contributed by atoms with Gasteiger partial charge in [0.15, 0.2) is 18.0 Å². The molecule has 0 unspecified atom stereocenters. The van der Waals surface area contributed by atoms with E-state index in [0.717, 1.165) is 11.4 Å². The van der Waals surface area contributed by atoms with Crippen molar-refractivity contribution < 1.29 is 19.0 Å². The minimum Gasteiger partial charge on any atom is -0.454 e. The van der Waals surface area contributed by atoms with Crippen LogP contribution < -0.4 is 25.2 Å². The average Bonchev–Trinajstić information content (AvgIpc) is 3.05. The zero-order valence-electron chi connectivity index (χ0n) is 11.5. The predicted molar refractivity (Wildman–Crippen MR) is 77.3 cm³/mol. The van der Waals surface area contributed by atoms with Crippen LogP contribution in [0.3, 0.4) is 0 Å². The Hall–Kier alpha value is -2.35. The van der Waals surface area contributed by atoms with E-state index in [9.17, 15) is 4.79 Å². The number of ether oxygens (including phenoxy) is 2. The highest BCUT2D eigenvalue weighted by atomic mass is 32.1. The molecule has 2 heterocycles. The Bertz CT molecular complexity index is 686. The van der Waals surface area contributed by atoms with Gasteiger partial charge in [-0.05, 0) is 23.5 Å². The van der Waals surface area contributed by atoms with Gasteiger partial charge in [-0.1, -0.05) is 12.0 Å². The maximum absolute atomic E-state index is 12.0. The van der Waals surface area contributed by atoms with Crippen LogP contribution in [0, 0.1) is 0 Å². The molecule has 0 radical (unpaired) electrons. The molecule has 2 aromatic rings. The number of amides is 1. The van der Waals surface area contributed by atoms with Crippen molar-refractivity contribution in [3.05, 3.63) is 23.2 Å². The van der Waals surface area contributed by atoms with Gasteiger partial charge in [-0.3, -0.25) is 10.5 Å². The molecule has 1 amide bonds.